The molecule has 1 fully saturated rings. The monoisotopic (exact) mass is 447 g/mol. The first-order valence-electron chi connectivity index (χ1n) is 9.63. The van der Waals surface area contributed by atoms with E-state index in [4.69, 9.17) is 23.8 Å². The van der Waals surface area contributed by atoms with Crippen molar-refractivity contribution in [2.45, 2.75) is 31.1 Å². The third-order valence-corrected chi connectivity index (χ3v) is 7.42. The Labute approximate surface area is 184 Å². The highest BCUT2D eigenvalue weighted by atomic mass is 35.5. The SMILES string of the molecule is C[C@@H](SC(=S)N1C[C@H]2C[C@@H](C1)c1cccc(=O)n1C2)C(=O)Nc1ccccc1Cl. The first-order valence-corrected chi connectivity index (χ1v) is 11.3. The summed E-state index contributed by atoms with van der Waals surface area (Å²) in [5.74, 6) is 0.564. The molecule has 0 spiro atoms. The van der Waals surface area contributed by atoms with Crippen LogP contribution in [0.15, 0.2) is 47.3 Å². The quantitative estimate of drug-likeness (QED) is 0.721. The van der Waals surface area contributed by atoms with Crippen LogP contribution in [0.25, 0.3) is 0 Å². The fourth-order valence-corrected chi connectivity index (χ4v) is 5.65. The van der Waals surface area contributed by atoms with E-state index in [2.05, 4.69) is 10.2 Å². The molecule has 0 unspecified atom stereocenters. The number of hydrogen-bond acceptors (Lipinski definition) is 4. The highest BCUT2D eigenvalue weighted by molar-refractivity contribution is 8.23. The molecule has 1 amide bonds. The first kappa shape index (κ1) is 20.4. The van der Waals surface area contributed by atoms with Crippen LogP contribution in [-0.2, 0) is 11.3 Å². The summed E-state index contributed by atoms with van der Waals surface area (Å²) < 4.78 is 2.64. The summed E-state index contributed by atoms with van der Waals surface area (Å²) in [5, 5.41) is 3.04. The number of amides is 1. The third-order valence-electron chi connectivity index (χ3n) is 5.52. The molecule has 2 aromatic rings. The Hall–Kier alpha value is -1.83. The van der Waals surface area contributed by atoms with Gasteiger partial charge in [-0.05, 0) is 37.5 Å². The van der Waals surface area contributed by atoms with Gasteiger partial charge in [0.2, 0.25) is 5.91 Å². The van der Waals surface area contributed by atoms with Crippen molar-refractivity contribution >= 4 is 51.5 Å². The van der Waals surface area contributed by atoms with Crippen LogP contribution < -0.4 is 10.9 Å². The van der Waals surface area contributed by atoms with Gasteiger partial charge in [-0.15, -0.1) is 0 Å². The molecule has 1 aromatic carbocycles. The zero-order valence-corrected chi connectivity index (χ0v) is 18.4. The van der Waals surface area contributed by atoms with Crippen LogP contribution in [0.4, 0.5) is 5.69 Å². The minimum absolute atomic E-state index is 0.0764. The van der Waals surface area contributed by atoms with Crippen molar-refractivity contribution in [3.05, 3.63) is 63.5 Å². The third kappa shape index (κ3) is 4.37. The highest BCUT2D eigenvalue weighted by Crippen LogP contribution is 2.36. The number of piperidine rings is 1. The lowest BCUT2D eigenvalue weighted by atomic mass is 9.83. The van der Waals surface area contributed by atoms with Crippen LogP contribution in [0.5, 0.6) is 0 Å². The second-order valence-corrected chi connectivity index (χ2v) is 9.98. The molecular weight excluding hydrogens is 426 g/mol. The van der Waals surface area contributed by atoms with Gasteiger partial charge in [-0.2, -0.15) is 0 Å². The number of anilines is 1. The van der Waals surface area contributed by atoms with E-state index >= 15 is 0 Å². The Morgan fingerprint density at radius 2 is 2.00 bits per heavy atom. The van der Waals surface area contributed by atoms with Gasteiger partial charge in [0.05, 0.1) is 16.0 Å². The molecule has 2 bridgehead atoms. The van der Waals surface area contributed by atoms with Crippen LogP contribution in [-0.4, -0.2) is 38.0 Å². The van der Waals surface area contributed by atoms with Crippen molar-refractivity contribution in [2.75, 3.05) is 18.4 Å². The number of carbonyl (C=O) groups excluding carboxylic acids is 1. The van der Waals surface area contributed by atoms with Gasteiger partial charge in [-0.3, -0.25) is 9.59 Å². The standard InChI is InChI=1S/C21H22ClN3O2S2/c1-13(20(27)23-17-6-3-2-5-16(17)22)29-21(28)24-10-14-9-15(12-24)18-7-4-8-19(26)25(18)11-14/h2-8,13-15H,9-12H2,1H3,(H,23,27)/t13-,14-,15+/m1/s1. The molecule has 5 nitrogen and oxygen atoms in total. The summed E-state index contributed by atoms with van der Waals surface area (Å²) in [5.41, 5.74) is 1.77. The van der Waals surface area contributed by atoms with Crippen molar-refractivity contribution in [3.63, 3.8) is 0 Å². The van der Waals surface area contributed by atoms with Gasteiger partial charge in [0, 0.05) is 37.3 Å². The summed E-state index contributed by atoms with van der Waals surface area (Å²) in [4.78, 5) is 26.9. The number of fused-ring (bicyclic) bond motifs is 4. The van der Waals surface area contributed by atoms with Crippen molar-refractivity contribution in [2.24, 2.45) is 5.92 Å². The number of carbonyl (C=O) groups is 1. The number of para-hydroxylation sites is 1. The predicted octanol–water partition coefficient (Wildman–Crippen LogP) is 3.97. The number of hydrogen-bond donors (Lipinski definition) is 1. The molecule has 2 aliphatic heterocycles. The van der Waals surface area contributed by atoms with Gasteiger partial charge in [-0.1, -0.05) is 53.8 Å². The summed E-state index contributed by atoms with van der Waals surface area (Å²) in [6, 6.07) is 12.7. The Balaban J connectivity index is 1.40. The molecule has 4 rings (SSSR count). The van der Waals surface area contributed by atoms with Crippen molar-refractivity contribution in [3.8, 4) is 0 Å². The number of nitrogens with one attached hydrogen (secondary N) is 1. The van der Waals surface area contributed by atoms with E-state index in [1.165, 1.54) is 11.8 Å². The number of nitrogens with zero attached hydrogens (tertiary/aromatic N) is 2. The van der Waals surface area contributed by atoms with E-state index in [1.54, 1.807) is 18.2 Å². The van der Waals surface area contributed by atoms with E-state index in [0.717, 1.165) is 36.1 Å². The van der Waals surface area contributed by atoms with Gasteiger partial charge in [0.25, 0.3) is 5.56 Å². The highest BCUT2D eigenvalue weighted by Gasteiger charge is 2.35. The van der Waals surface area contributed by atoms with Crippen LogP contribution in [0.3, 0.4) is 0 Å². The maximum atomic E-state index is 12.6. The number of thiocarbonyl (C=S) groups is 1. The van der Waals surface area contributed by atoms with Gasteiger partial charge in [0.1, 0.15) is 4.32 Å². The molecule has 3 atom stereocenters. The topological polar surface area (TPSA) is 54.3 Å². The maximum absolute atomic E-state index is 12.6. The van der Waals surface area contributed by atoms with Gasteiger partial charge in [0.15, 0.2) is 0 Å². The molecule has 29 heavy (non-hydrogen) atoms. The van der Waals surface area contributed by atoms with Crippen LogP contribution in [0.1, 0.15) is 25.0 Å². The lowest BCUT2D eigenvalue weighted by Gasteiger charge is -2.43. The van der Waals surface area contributed by atoms with Crippen LogP contribution >= 0.6 is 35.6 Å². The number of thioether (sulfide) groups is 1. The summed E-state index contributed by atoms with van der Waals surface area (Å²) in [6.07, 6.45) is 1.08. The fraction of sp³-hybridized carbons (Fsp3) is 0.381. The van der Waals surface area contributed by atoms with Crippen LogP contribution in [0, 0.1) is 5.92 Å². The lowest BCUT2D eigenvalue weighted by Crippen LogP contribution is -2.48. The average Bonchev–Trinajstić information content (AvgIpc) is 2.70. The molecule has 0 saturated carbocycles. The summed E-state index contributed by atoms with van der Waals surface area (Å²) in [6.45, 7) is 4.19. The van der Waals surface area contributed by atoms with Gasteiger partial charge < -0.3 is 14.8 Å². The maximum Gasteiger partial charge on any atom is 0.250 e. The lowest BCUT2D eigenvalue weighted by molar-refractivity contribution is -0.115. The second kappa shape index (κ2) is 8.50. The van der Waals surface area contributed by atoms with E-state index in [0.29, 0.717) is 22.5 Å². The van der Waals surface area contributed by atoms with E-state index < -0.39 is 0 Å². The number of aromatic nitrogens is 1. The zero-order valence-electron chi connectivity index (χ0n) is 16.0. The Kier molecular flexibility index (Phi) is 5.99. The molecular formula is C21H22ClN3O2S2. The number of benzene rings is 1. The van der Waals surface area contributed by atoms with Gasteiger partial charge >= 0.3 is 0 Å². The predicted molar refractivity (Wildman–Crippen MR) is 123 cm³/mol. The summed E-state index contributed by atoms with van der Waals surface area (Å²) in [7, 11) is 0. The number of pyridine rings is 1. The van der Waals surface area contributed by atoms with Crippen molar-refractivity contribution in [1.29, 1.82) is 0 Å². The Morgan fingerprint density at radius 3 is 2.79 bits per heavy atom. The first-order chi connectivity index (χ1) is 13.9. The van der Waals surface area contributed by atoms with E-state index in [9.17, 15) is 9.59 Å². The Bertz CT molecular complexity index is 1010. The second-order valence-electron chi connectivity index (χ2n) is 7.60. The average molecular weight is 448 g/mol. The molecule has 0 aliphatic carbocycles. The van der Waals surface area contributed by atoms with Crippen LogP contribution in [0.2, 0.25) is 5.02 Å². The zero-order chi connectivity index (χ0) is 20.5. The van der Waals surface area contributed by atoms with E-state index in [-0.39, 0.29) is 16.7 Å². The molecule has 8 heteroatoms. The molecule has 1 saturated heterocycles. The molecule has 0 radical (unpaired) electrons. The molecule has 152 valence electrons. The van der Waals surface area contributed by atoms with Gasteiger partial charge in [-0.25, -0.2) is 0 Å². The molecule has 3 heterocycles. The normalized spacial score (nSPS) is 21.2. The molecule has 1 N–H and O–H groups in total. The smallest absolute Gasteiger partial charge is 0.250 e. The van der Waals surface area contributed by atoms with E-state index in [1.807, 2.05) is 35.8 Å². The number of likely N-dealkylation sites (tertiary alicyclic amines) is 1. The summed E-state index contributed by atoms with van der Waals surface area (Å²) >= 11 is 13.2. The largest absolute Gasteiger partial charge is 0.356 e. The molecule has 1 aromatic heterocycles. The Morgan fingerprint density at radius 1 is 1.21 bits per heavy atom. The van der Waals surface area contributed by atoms with Crippen molar-refractivity contribution < 1.29 is 4.79 Å². The molecule has 2 aliphatic rings. The number of rotatable bonds is 3. The minimum atomic E-state index is -0.338. The number of halogens is 1. The fourth-order valence-electron chi connectivity index (χ4n) is 4.12. The van der Waals surface area contributed by atoms with Crippen molar-refractivity contribution in [1.82, 2.24) is 9.47 Å². The minimum Gasteiger partial charge on any atom is -0.356 e.